The number of hydrogen-bond acceptors (Lipinski definition) is 4. The molecule has 0 saturated heterocycles. The van der Waals surface area contributed by atoms with E-state index < -0.39 is 5.97 Å². The maximum atomic E-state index is 12.1. The highest BCUT2D eigenvalue weighted by molar-refractivity contribution is 14.1. The van der Waals surface area contributed by atoms with Crippen molar-refractivity contribution in [1.82, 2.24) is 5.43 Å². The van der Waals surface area contributed by atoms with Gasteiger partial charge in [-0.25, -0.2) is 10.2 Å². The summed E-state index contributed by atoms with van der Waals surface area (Å²) in [7, 11) is 0. The number of amides is 1. The highest BCUT2D eigenvalue weighted by Gasteiger charge is 2.09. The van der Waals surface area contributed by atoms with Crippen LogP contribution in [0.3, 0.4) is 0 Å². The maximum Gasteiger partial charge on any atom is 0.343 e. The minimum absolute atomic E-state index is 0.273. The van der Waals surface area contributed by atoms with E-state index in [1.165, 1.54) is 6.21 Å². The van der Waals surface area contributed by atoms with Gasteiger partial charge >= 0.3 is 5.97 Å². The van der Waals surface area contributed by atoms with Crippen LogP contribution < -0.4 is 10.2 Å². The second-order valence-corrected chi connectivity index (χ2v) is 7.17. The van der Waals surface area contributed by atoms with E-state index in [0.29, 0.717) is 16.9 Å². The van der Waals surface area contributed by atoms with Crippen LogP contribution in [0, 0.1) is 10.5 Å². The van der Waals surface area contributed by atoms with Crippen LogP contribution in [0.2, 0.25) is 0 Å². The molecule has 3 rings (SSSR count). The van der Waals surface area contributed by atoms with Crippen molar-refractivity contribution in [2.24, 2.45) is 5.10 Å². The first-order valence-corrected chi connectivity index (χ1v) is 9.57. The van der Waals surface area contributed by atoms with E-state index in [1.807, 2.05) is 31.2 Å². The zero-order valence-corrected chi connectivity index (χ0v) is 17.2. The molecule has 1 N–H and O–H groups in total. The van der Waals surface area contributed by atoms with Crippen molar-refractivity contribution in [3.8, 4) is 5.75 Å². The number of ether oxygens (including phenoxy) is 1. The number of rotatable bonds is 5. The Morgan fingerprint density at radius 1 is 0.964 bits per heavy atom. The molecule has 0 aliphatic carbocycles. The van der Waals surface area contributed by atoms with Crippen molar-refractivity contribution < 1.29 is 14.3 Å². The molecule has 0 unspecified atom stereocenters. The fourth-order valence-corrected chi connectivity index (χ4v) is 2.98. The highest BCUT2D eigenvalue weighted by atomic mass is 127. The number of esters is 1. The largest absolute Gasteiger partial charge is 0.423 e. The Labute approximate surface area is 176 Å². The van der Waals surface area contributed by atoms with Crippen LogP contribution in [0.4, 0.5) is 0 Å². The third kappa shape index (κ3) is 5.26. The molecule has 0 atom stereocenters. The van der Waals surface area contributed by atoms with Crippen molar-refractivity contribution >= 4 is 40.7 Å². The number of hydrogen-bond donors (Lipinski definition) is 1. The van der Waals surface area contributed by atoms with E-state index in [9.17, 15) is 9.59 Å². The van der Waals surface area contributed by atoms with Gasteiger partial charge in [-0.3, -0.25) is 4.79 Å². The van der Waals surface area contributed by atoms with Crippen LogP contribution in [0.15, 0.2) is 77.9 Å². The van der Waals surface area contributed by atoms with Gasteiger partial charge < -0.3 is 4.74 Å². The van der Waals surface area contributed by atoms with Gasteiger partial charge in [-0.1, -0.05) is 29.8 Å². The first-order valence-electron chi connectivity index (χ1n) is 8.50. The summed E-state index contributed by atoms with van der Waals surface area (Å²) in [5.41, 5.74) is 5.40. The van der Waals surface area contributed by atoms with Crippen LogP contribution in [0.5, 0.6) is 5.75 Å². The Morgan fingerprint density at radius 2 is 1.64 bits per heavy atom. The van der Waals surface area contributed by atoms with Gasteiger partial charge in [-0.05, 0) is 83.6 Å². The zero-order valence-electron chi connectivity index (χ0n) is 15.1. The minimum Gasteiger partial charge on any atom is -0.423 e. The fourth-order valence-electron chi connectivity index (χ4n) is 2.35. The maximum absolute atomic E-state index is 12.1. The third-order valence-electron chi connectivity index (χ3n) is 3.88. The predicted octanol–water partition coefficient (Wildman–Crippen LogP) is 4.58. The Hall–Kier alpha value is -3.00. The highest BCUT2D eigenvalue weighted by Crippen LogP contribution is 2.14. The summed E-state index contributed by atoms with van der Waals surface area (Å²) in [6.07, 6.45) is 1.53. The van der Waals surface area contributed by atoms with E-state index in [0.717, 1.165) is 14.7 Å². The molecule has 0 saturated carbocycles. The Balaban J connectivity index is 1.57. The quantitative estimate of drug-likeness (QED) is 0.190. The van der Waals surface area contributed by atoms with Gasteiger partial charge in [0.2, 0.25) is 0 Å². The number of hydrazone groups is 1. The number of benzene rings is 3. The number of carbonyl (C=O) groups is 2. The van der Waals surface area contributed by atoms with Crippen molar-refractivity contribution in [1.29, 1.82) is 0 Å². The second-order valence-electron chi connectivity index (χ2n) is 6.00. The average molecular weight is 484 g/mol. The standard InChI is InChI=1S/C22H17IN2O3/c1-15-6-10-17(11-7-15)22(27)28-18-12-8-16(9-13-18)14-24-25-21(26)19-4-2-3-5-20(19)23/h2-14H,1H3,(H,25,26)/b24-14+. The minimum atomic E-state index is -0.411. The van der Waals surface area contributed by atoms with Crippen LogP contribution in [0.1, 0.15) is 31.8 Å². The molecule has 0 aromatic heterocycles. The molecule has 5 nitrogen and oxygen atoms in total. The molecule has 3 aromatic carbocycles. The van der Waals surface area contributed by atoms with Crippen LogP contribution >= 0.6 is 22.6 Å². The zero-order chi connectivity index (χ0) is 19.9. The van der Waals surface area contributed by atoms with Crippen LogP contribution in [-0.4, -0.2) is 18.1 Å². The molecule has 0 fully saturated rings. The molecule has 3 aromatic rings. The summed E-state index contributed by atoms with van der Waals surface area (Å²) in [6, 6.07) is 21.3. The first-order chi connectivity index (χ1) is 13.5. The normalized spacial score (nSPS) is 10.6. The lowest BCUT2D eigenvalue weighted by Crippen LogP contribution is -2.18. The summed E-state index contributed by atoms with van der Waals surface area (Å²) in [6.45, 7) is 1.96. The van der Waals surface area contributed by atoms with Crippen molar-refractivity contribution in [2.75, 3.05) is 0 Å². The SMILES string of the molecule is Cc1ccc(C(=O)Oc2ccc(/C=N/NC(=O)c3ccccc3I)cc2)cc1. The Kier molecular flexibility index (Phi) is 6.54. The van der Waals surface area contributed by atoms with E-state index in [1.54, 1.807) is 48.5 Å². The number of carbonyl (C=O) groups excluding carboxylic acids is 2. The number of halogens is 1. The fraction of sp³-hybridized carbons (Fsp3) is 0.0455. The molecule has 140 valence electrons. The molecule has 0 heterocycles. The summed E-state index contributed by atoms with van der Waals surface area (Å²) < 4.78 is 6.21. The average Bonchev–Trinajstić information content (AvgIpc) is 2.70. The topological polar surface area (TPSA) is 67.8 Å². The Morgan fingerprint density at radius 3 is 2.32 bits per heavy atom. The van der Waals surface area contributed by atoms with Crippen molar-refractivity contribution in [3.05, 3.63) is 98.6 Å². The summed E-state index contributed by atoms with van der Waals surface area (Å²) in [5.74, 6) is -0.248. The van der Waals surface area contributed by atoms with Gasteiger partial charge in [-0.2, -0.15) is 5.10 Å². The third-order valence-corrected chi connectivity index (χ3v) is 4.82. The van der Waals surface area contributed by atoms with Crippen molar-refractivity contribution in [3.63, 3.8) is 0 Å². The molecule has 28 heavy (non-hydrogen) atoms. The van der Waals surface area contributed by atoms with Crippen LogP contribution in [-0.2, 0) is 0 Å². The second kappa shape index (κ2) is 9.27. The van der Waals surface area contributed by atoms with Gasteiger partial charge in [0, 0.05) is 3.57 Å². The summed E-state index contributed by atoms with van der Waals surface area (Å²) in [4.78, 5) is 24.2. The molecule has 0 radical (unpaired) electrons. The summed E-state index contributed by atoms with van der Waals surface area (Å²) >= 11 is 2.10. The molecule has 0 aliphatic rings. The molecular formula is C22H17IN2O3. The number of aryl methyl sites for hydroxylation is 1. The molecule has 0 spiro atoms. The molecular weight excluding hydrogens is 467 g/mol. The molecule has 6 heteroatoms. The predicted molar refractivity (Wildman–Crippen MR) is 117 cm³/mol. The van der Waals surface area contributed by atoms with E-state index >= 15 is 0 Å². The first kappa shape index (κ1) is 19.8. The lowest BCUT2D eigenvalue weighted by Gasteiger charge is -2.05. The van der Waals surface area contributed by atoms with E-state index in [2.05, 4.69) is 33.1 Å². The van der Waals surface area contributed by atoms with Gasteiger partial charge in [0.15, 0.2) is 0 Å². The van der Waals surface area contributed by atoms with E-state index in [-0.39, 0.29) is 5.91 Å². The lowest BCUT2D eigenvalue weighted by molar-refractivity contribution is 0.0734. The molecule has 0 bridgehead atoms. The van der Waals surface area contributed by atoms with Gasteiger partial charge in [-0.15, -0.1) is 0 Å². The summed E-state index contributed by atoms with van der Waals surface area (Å²) in [5, 5.41) is 3.97. The smallest absolute Gasteiger partial charge is 0.343 e. The van der Waals surface area contributed by atoms with Gasteiger partial charge in [0.05, 0.1) is 17.3 Å². The number of nitrogens with zero attached hydrogens (tertiary/aromatic N) is 1. The Bertz CT molecular complexity index is 1010. The monoisotopic (exact) mass is 484 g/mol. The molecule has 1 amide bonds. The van der Waals surface area contributed by atoms with E-state index in [4.69, 9.17) is 4.74 Å². The van der Waals surface area contributed by atoms with Crippen molar-refractivity contribution in [2.45, 2.75) is 6.92 Å². The number of nitrogens with one attached hydrogen (secondary N) is 1. The molecule has 0 aliphatic heterocycles. The van der Waals surface area contributed by atoms with Gasteiger partial charge in [0.25, 0.3) is 5.91 Å². The lowest BCUT2D eigenvalue weighted by atomic mass is 10.1. The van der Waals surface area contributed by atoms with Crippen LogP contribution in [0.25, 0.3) is 0 Å². The van der Waals surface area contributed by atoms with Gasteiger partial charge in [0.1, 0.15) is 5.75 Å².